The molecule has 5 nitrogen and oxygen atoms in total. The minimum Gasteiger partial charge on any atom is -0.497 e. The van der Waals surface area contributed by atoms with Crippen LogP contribution in [0.1, 0.15) is 25.8 Å². The van der Waals surface area contributed by atoms with Crippen molar-refractivity contribution in [2.75, 3.05) is 20.8 Å². The standard InChI is InChI=1S/C15H24N2O3/c1-11(2)17-15(18)7-8-20-14-9-13(19-4)6-5-12(14)10-16-3/h5-6,9,11,16H,7-8,10H2,1-4H3,(H,17,18). The molecule has 20 heavy (non-hydrogen) atoms. The molecular weight excluding hydrogens is 256 g/mol. The van der Waals surface area contributed by atoms with Crippen LogP contribution in [0.3, 0.4) is 0 Å². The summed E-state index contributed by atoms with van der Waals surface area (Å²) in [6, 6.07) is 5.84. The van der Waals surface area contributed by atoms with Crippen LogP contribution in [0.5, 0.6) is 11.5 Å². The van der Waals surface area contributed by atoms with Crippen molar-refractivity contribution in [1.82, 2.24) is 10.6 Å². The SMILES string of the molecule is CNCc1ccc(OC)cc1OCCC(=O)NC(C)C. The van der Waals surface area contributed by atoms with Gasteiger partial charge in [0.1, 0.15) is 11.5 Å². The molecule has 1 amide bonds. The largest absolute Gasteiger partial charge is 0.497 e. The van der Waals surface area contributed by atoms with Crippen LogP contribution in [0.2, 0.25) is 0 Å². The molecule has 0 spiro atoms. The summed E-state index contributed by atoms with van der Waals surface area (Å²) in [6.45, 7) is 4.93. The van der Waals surface area contributed by atoms with Crippen molar-refractivity contribution in [3.05, 3.63) is 23.8 Å². The van der Waals surface area contributed by atoms with Gasteiger partial charge in [-0.05, 0) is 27.0 Å². The second-order valence-corrected chi connectivity index (χ2v) is 4.82. The van der Waals surface area contributed by atoms with Crippen LogP contribution in [-0.4, -0.2) is 32.7 Å². The summed E-state index contributed by atoms with van der Waals surface area (Å²) in [7, 11) is 3.50. The van der Waals surface area contributed by atoms with E-state index in [0.717, 1.165) is 17.1 Å². The number of methoxy groups -OCH3 is 1. The van der Waals surface area contributed by atoms with Crippen LogP contribution in [0.25, 0.3) is 0 Å². The number of ether oxygens (including phenoxy) is 2. The molecule has 0 aliphatic rings. The van der Waals surface area contributed by atoms with Crippen LogP contribution >= 0.6 is 0 Å². The number of nitrogens with one attached hydrogen (secondary N) is 2. The lowest BCUT2D eigenvalue weighted by atomic mass is 10.2. The maximum Gasteiger partial charge on any atom is 0.223 e. The molecule has 0 saturated heterocycles. The minimum atomic E-state index is -0.00179. The molecule has 1 aromatic carbocycles. The first kappa shape index (κ1) is 16.3. The molecule has 5 heteroatoms. The first-order valence-electron chi connectivity index (χ1n) is 6.80. The Labute approximate surface area is 120 Å². The lowest BCUT2D eigenvalue weighted by Crippen LogP contribution is -2.31. The highest BCUT2D eigenvalue weighted by Crippen LogP contribution is 2.24. The van der Waals surface area contributed by atoms with Gasteiger partial charge in [-0.15, -0.1) is 0 Å². The van der Waals surface area contributed by atoms with Gasteiger partial charge in [-0.25, -0.2) is 0 Å². The Bertz CT molecular complexity index is 433. The summed E-state index contributed by atoms with van der Waals surface area (Å²) in [4.78, 5) is 11.5. The van der Waals surface area contributed by atoms with Crippen molar-refractivity contribution in [3.8, 4) is 11.5 Å². The van der Waals surface area contributed by atoms with Crippen LogP contribution in [0, 0.1) is 0 Å². The van der Waals surface area contributed by atoms with E-state index >= 15 is 0 Å². The first-order chi connectivity index (χ1) is 9.56. The fraction of sp³-hybridized carbons (Fsp3) is 0.533. The Balaban J connectivity index is 2.58. The second kappa shape index (κ2) is 8.43. The van der Waals surface area contributed by atoms with Gasteiger partial charge < -0.3 is 20.1 Å². The summed E-state index contributed by atoms with van der Waals surface area (Å²) in [5, 5.41) is 5.92. The third kappa shape index (κ3) is 5.48. The van der Waals surface area contributed by atoms with Gasteiger partial charge in [0.15, 0.2) is 0 Å². The van der Waals surface area contributed by atoms with Crippen molar-refractivity contribution in [2.24, 2.45) is 0 Å². The molecule has 0 aliphatic heterocycles. The van der Waals surface area contributed by atoms with E-state index in [4.69, 9.17) is 9.47 Å². The van der Waals surface area contributed by atoms with Crippen molar-refractivity contribution >= 4 is 5.91 Å². The molecule has 0 radical (unpaired) electrons. The van der Waals surface area contributed by atoms with E-state index in [0.29, 0.717) is 19.6 Å². The summed E-state index contributed by atoms with van der Waals surface area (Å²) in [5.41, 5.74) is 1.04. The van der Waals surface area contributed by atoms with Gasteiger partial charge >= 0.3 is 0 Å². The van der Waals surface area contributed by atoms with Gasteiger partial charge in [0.25, 0.3) is 0 Å². The van der Waals surface area contributed by atoms with Gasteiger partial charge in [-0.1, -0.05) is 6.07 Å². The molecule has 0 bridgehead atoms. The summed E-state index contributed by atoms with van der Waals surface area (Å²) >= 11 is 0. The molecule has 1 rings (SSSR count). The van der Waals surface area contributed by atoms with E-state index in [9.17, 15) is 4.79 Å². The van der Waals surface area contributed by atoms with E-state index in [1.807, 2.05) is 39.1 Å². The van der Waals surface area contributed by atoms with Gasteiger partial charge in [-0.2, -0.15) is 0 Å². The molecule has 0 unspecified atom stereocenters. The zero-order chi connectivity index (χ0) is 15.0. The molecule has 1 aromatic rings. The highest BCUT2D eigenvalue weighted by Gasteiger charge is 2.07. The van der Waals surface area contributed by atoms with Gasteiger partial charge in [0.05, 0.1) is 20.1 Å². The topological polar surface area (TPSA) is 59.6 Å². The predicted molar refractivity (Wildman–Crippen MR) is 79.1 cm³/mol. The van der Waals surface area contributed by atoms with Crippen molar-refractivity contribution < 1.29 is 14.3 Å². The summed E-state index contributed by atoms with van der Waals surface area (Å²) in [6.07, 6.45) is 0.342. The highest BCUT2D eigenvalue weighted by molar-refractivity contribution is 5.76. The monoisotopic (exact) mass is 280 g/mol. The van der Waals surface area contributed by atoms with E-state index in [2.05, 4.69) is 10.6 Å². The Morgan fingerprint density at radius 2 is 2.10 bits per heavy atom. The van der Waals surface area contributed by atoms with Gasteiger partial charge in [0, 0.05) is 24.2 Å². The summed E-state index contributed by atoms with van der Waals surface area (Å²) < 4.78 is 10.9. The fourth-order valence-corrected chi connectivity index (χ4v) is 1.78. The molecule has 0 saturated carbocycles. The van der Waals surface area contributed by atoms with Gasteiger partial charge in [-0.3, -0.25) is 4.79 Å². The smallest absolute Gasteiger partial charge is 0.223 e. The molecule has 0 atom stereocenters. The molecular formula is C15H24N2O3. The molecule has 0 aromatic heterocycles. The molecule has 2 N–H and O–H groups in total. The van der Waals surface area contributed by atoms with Crippen molar-refractivity contribution in [2.45, 2.75) is 32.9 Å². The number of rotatable bonds is 8. The zero-order valence-corrected chi connectivity index (χ0v) is 12.7. The quantitative estimate of drug-likeness (QED) is 0.761. The van der Waals surface area contributed by atoms with E-state index in [1.165, 1.54) is 0 Å². The third-order valence-corrected chi connectivity index (χ3v) is 2.68. The molecule has 0 fully saturated rings. The van der Waals surface area contributed by atoms with E-state index in [1.54, 1.807) is 7.11 Å². The predicted octanol–water partition coefficient (Wildman–Crippen LogP) is 1.71. The number of hydrogen-bond donors (Lipinski definition) is 2. The number of hydrogen-bond acceptors (Lipinski definition) is 4. The van der Waals surface area contributed by atoms with Crippen LogP contribution in [0.4, 0.5) is 0 Å². The number of amides is 1. The fourth-order valence-electron chi connectivity index (χ4n) is 1.78. The van der Waals surface area contributed by atoms with Crippen molar-refractivity contribution in [1.29, 1.82) is 0 Å². The Kier molecular flexibility index (Phi) is 6.87. The highest BCUT2D eigenvalue weighted by atomic mass is 16.5. The average Bonchev–Trinajstić information content (AvgIpc) is 2.40. The number of benzene rings is 1. The van der Waals surface area contributed by atoms with E-state index in [-0.39, 0.29) is 11.9 Å². The Morgan fingerprint density at radius 3 is 2.70 bits per heavy atom. The maximum absolute atomic E-state index is 11.5. The Hall–Kier alpha value is -1.75. The first-order valence-corrected chi connectivity index (χ1v) is 6.80. The van der Waals surface area contributed by atoms with Crippen LogP contribution in [-0.2, 0) is 11.3 Å². The van der Waals surface area contributed by atoms with E-state index < -0.39 is 0 Å². The Morgan fingerprint density at radius 1 is 1.35 bits per heavy atom. The lowest BCUT2D eigenvalue weighted by molar-refractivity contribution is -0.122. The average molecular weight is 280 g/mol. The maximum atomic E-state index is 11.5. The van der Waals surface area contributed by atoms with Crippen molar-refractivity contribution in [3.63, 3.8) is 0 Å². The van der Waals surface area contributed by atoms with Crippen LogP contribution in [0.15, 0.2) is 18.2 Å². The van der Waals surface area contributed by atoms with Gasteiger partial charge in [0.2, 0.25) is 5.91 Å². The minimum absolute atomic E-state index is 0.00179. The van der Waals surface area contributed by atoms with Crippen LogP contribution < -0.4 is 20.1 Å². The zero-order valence-electron chi connectivity index (χ0n) is 12.7. The third-order valence-electron chi connectivity index (χ3n) is 2.68. The second-order valence-electron chi connectivity index (χ2n) is 4.82. The molecule has 0 heterocycles. The normalized spacial score (nSPS) is 10.4. The number of carbonyl (C=O) groups is 1. The summed E-state index contributed by atoms with van der Waals surface area (Å²) in [5.74, 6) is 1.49. The lowest BCUT2D eigenvalue weighted by Gasteiger charge is -2.13. The number of carbonyl (C=O) groups excluding carboxylic acids is 1. The molecule has 0 aliphatic carbocycles. The molecule has 112 valence electrons.